The van der Waals surface area contributed by atoms with E-state index < -0.39 is 11.9 Å². The van der Waals surface area contributed by atoms with Gasteiger partial charge < -0.3 is 9.84 Å². The van der Waals surface area contributed by atoms with Crippen LogP contribution in [0.25, 0.3) is 0 Å². The van der Waals surface area contributed by atoms with Gasteiger partial charge in [-0.25, -0.2) is 0 Å². The summed E-state index contributed by atoms with van der Waals surface area (Å²) in [5.74, 6) is -0.499. The van der Waals surface area contributed by atoms with Gasteiger partial charge in [-0.05, 0) is 49.1 Å². The first-order valence-electron chi connectivity index (χ1n) is 7.24. The molecule has 0 bridgehead atoms. The number of halogens is 1. The average Bonchev–Trinajstić information content (AvgIpc) is 2.49. The summed E-state index contributed by atoms with van der Waals surface area (Å²) in [6.45, 7) is 2.42. The summed E-state index contributed by atoms with van der Waals surface area (Å²) in [6, 6.07) is 14.8. The van der Waals surface area contributed by atoms with E-state index in [1.807, 2.05) is 49.4 Å². The molecule has 116 valence electrons. The lowest BCUT2D eigenvalue weighted by molar-refractivity contribution is -0.139. The van der Waals surface area contributed by atoms with Crippen LogP contribution in [-0.2, 0) is 4.79 Å². The van der Waals surface area contributed by atoms with E-state index in [9.17, 15) is 9.90 Å². The lowest BCUT2D eigenvalue weighted by Gasteiger charge is -2.14. The standard InChI is InChI=1S/C18H19ClO3/c1-13-12-15(19)9-10-17(13)22-11-5-8-16(18(20)21)14-6-3-2-4-7-14/h2-4,6-7,9-10,12,16H,5,8,11H2,1H3,(H,20,21). The quantitative estimate of drug-likeness (QED) is 0.754. The van der Waals surface area contributed by atoms with Crippen molar-refractivity contribution in [3.63, 3.8) is 0 Å². The van der Waals surface area contributed by atoms with Crippen LogP contribution < -0.4 is 4.74 Å². The maximum atomic E-state index is 11.4. The molecule has 1 atom stereocenters. The van der Waals surface area contributed by atoms with Gasteiger partial charge in [0.1, 0.15) is 5.75 Å². The smallest absolute Gasteiger partial charge is 0.310 e. The molecule has 0 heterocycles. The van der Waals surface area contributed by atoms with Crippen molar-refractivity contribution in [3.8, 4) is 5.75 Å². The van der Waals surface area contributed by atoms with Crippen molar-refractivity contribution < 1.29 is 14.6 Å². The first-order chi connectivity index (χ1) is 10.6. The Morgan fingerprint density at radius 3 is 2.59 bits per heavy atom. The zero-order valence-corrected chi connectivity index (χ0v) is 13.2. The van der Waals surface area contributed by atoms with Gasteiger partial charge in [0.2, 0.25) is 0 Å². The van der Waals surface area contributed by atoms with Crippen LogP contribution in [0, 0.1) is 6.92 Å². The van der Waals surface area contributed by atoms with Crippen LogP contribution in [0.5, 0.6) is 5.75 Å². The Balaban J connectivity index is 1.87. The maximum Gasteiger partial charge on any atom is 0.310 e. The monoisotopic (exact) mass is 318 g/mol. The minimum Gasteiger partial charge on any atom is -0.493 e. The third kappa shape index (κ3) is 4.50. The molecule has 2 aromatic rings. The molecule has 0 fully saturated rings. The summed E-state index contributed by atoms with van der Waals surface area (Å²) in [5, 5.41) is 10.0. The van der Waals surface area contributed by atoms with Crippen LogP contribution in [0.4, 0.5) is 0 Å². The van der Waals surface area contributed by atoms with E-state index in [0.717, 1.165) is 16.9 Å². The molecule has 0 saturated carbocycles. The van der Waals surface area contributed by atoms with Crippen LogP contribution in [0.1, 0.15) is 29.9 Å². The number of aliphatic carboxylic acids is 1. The van der Waals surface area contributed by atoms with Crippen LogP contribution >= 0.6 is 11.6 Å². The van der Waals surface area contributed by atoms with Crippen LogP contribution in [-0.4, -0.2) is 17.7 Å². The van der Waals surface area contributed by atoms with E-state index in [2.05, 4.69) is 0 Å². The van der Waals surface area contributed by atoms with Gasteiger partial charge in [-0.1, -0.05) is 41.9 Å². The van der Waals surface area contributed by atoms with Crippen molar-refractivity contribution in [3.05, 3.63) is 64.7 Å². The molecule has 0 aromatic heterocycles. The number of carboxylic acids is 1. The SMILES string of the molecule is Cc1cc(Cl)ccc1OCCCC(C(=O)O)c1ccccc1. The molecular formula is C18H19ClO3. The fraction of sp³-hybridized carbons (Fsp3) is 0.278. The van der Waals surface area contributed by atoms with Gasteiger partial charge >= 0.3 is 5.97 Å². The van der Waals surface area contributed by atoms with E-state index in [4.69, 9.17) is 16.3 Å². The molecule has 1 N–H and O–H groups in total. The highest BCUT2D eigenvalue weighted by molar-refractivity contribution is 6.30. The highest BCUT2D eigenvalue weighted by Crippen LogP contribution is 2.24. The zero-order valence-electron chi connectivity index (χ0n) is 12.5. The average molecular weight is 319 g/mol. The third-order valence-corrected chi connectivity index (χ3v) is 3.77. The Bertz CT molecular complexity index is 625. The minimum absolute atomic E-state index is 0.485. The predicted octanol–water partition coefficient (Wildman–Crippen LogP) is 4.68. The molecule has 22 heavy (non-hydrogen) atoms. The first kappa shape index (κ1) is 16.4. The van der Waals surface area contributed by atoms with Gasteiger partial charge in [-0.3, -0.25) is 4.79 Å². The predicted molar refractivity (Wildman–Crippen MR) is 87.7 cm³/mol. The van der Waals surface area contributed by atoms with Gasteiger partial charge in [-0.2, -0.15) is 0 Å². The maximum absolute atomic E-state index is 11.4. The van der Waals surface area contributed by atoms with Crippen molar-refractivity contribution >= 4 is 17.6 Å². The Kier molecular flexibility index (Phi) is 5.84. The minimum atomic E-state index is -0.797. The molecular weight excluding hydrogens is 300 g/mol. The molecule has 2 rings (SSSR count). The van der Waals surface area contributed by atoms with Crippen LogP contribution in [0.3, 0.4) is 0 Å². The van der Waals surface area contributed by atoms with Crippen molar-refractivity contribution in [2.24, 2.45) is 0 Å². The third-order valence-electron chi connectivity index (χ3n) is 3.53. The van der Waals surface area contributed by atoms with Gasteiger partial charge in [-0.15, -0.1) is 0 Å². The van der Waals surface area contributed by atoms with Crippen molar-refractivity contribution in [2.75, 3.05) is 6.61 Å². The largest absolute Gasteiger partial charge is 0.493 e. The number of carboxylic acid groups (broad SMARTS) is 1. The summed E-state index contributed by atoms with van der Waals surface area (Å²) >= 11 is 5.90. The molecule has 3 nitrogen and oxygen atoms in total. The van der Waals surface area contributed by atoms with Crippen molar-refractivity contribution in [2.45, 2.75) is 25.7 Å². The molecule has 4 heteroatoms. The second-order valence-corrected chi connectivity index (χ2v) is 5.64. The summed E-state index contributed by atoms with van der Waals surface area (Å²) in [4.78, 5) is 11.4. The fourth-order valence-electron chi connectivity index (χ4n) is 2.36. The molecule has 0 amide bonds. The fourth-order valence-corrected chi connectivity index (χ4v) is 2.59. The Labute approximate surface area is 135 Å². The second kappa shape index (κ2) is 7.85. The lowest BCUT2D eigenvalue weighted by atomic mass is 9.94. The van der Waals surface area contributed by atoms with E-state index in [0.29, 0.717) is 24.5 Å². The lowest BCUT2D eigenvalue weighted by Crippen LogP contribution is -2.13. The second-order valence-electron chi connectivity index (χ2n) is 5.20. The number of carbonyl (C=O) groups is 1. The first-order valence-corrected chi connectivity index (χ1v) is 7.62. The number of hydrogen-bond donors (Lipinski definition) is 1. The Morgan fingerprint density at radius 1 is 1.23 bits per heavy atom. The molecule has 0 aliphatic rings. The normalized spacial score (nSPS) is 11.9. The van der Waals surface area contributed by atoms with E-state index in [1.54, 1.807) is 6.07 Å². The molecule has 0 saturated heterocycles. The summed E-state index contributed by atoms with van der Waals surface area (Å²) in [5.41, 5.74) is 1.81. The summed E-state index contributed by atoms with van der Waals surface area (Å²) in [7, 11) is 0. The number of rotatable bonds is 7. The van der Waals surface area contributed by atoms with E-state index in [-0.39, 0.29) is 0 Å². The summed E-state index contributed by atoms with van der Waals surface area (Å²) < 4.78 is 5.71. The number of ether oxygens (including phenoxy) is 1. The van der Waals surface area contributed by atoms with Crippen molar-refractivity contribution in [1.82, 2.24) is 0 Å². The van der Waals surface area contributed by atoms with Gasteiger partial charge in [0.25, 0.3) is 0 Å². The topological polar surface area (TPSA) is 46.5 Å². The van der Waals surface area contributed by atoms with Crippen LogP contribution in [0.2, 0.25) is 5.02 Å². The molecule has 1 unspecified atom stereocenters. The molecule has 0 aliphatic carbocycles. The number of aryl methyl sites for hydroxylation is 1. The number of hydrogen-bond acceptors (Lipinski definition) is 2. The van der Waals surface area contributed by atoms with Gasteiger partial charge in [0.15, 0.2) is 0 Å². The Morgan fingerprint density at radius 2 is 1.95 bits per heavy atom. The molecule has 0 aliphatic heterocycles. The van der Waals surface area contributed by atoms with Gasteiger partial charge in [0.05, 0.1) is 12.5 Å². The zero-order chi connectivity index (χ0) is 15.9. The van der Waals surface area contributed by atoms with E-state index >= 15 is 0 Å². The molecule has 2 aromatic carbocycles. The van der Waals surface area contributed by atoms with Crippen molar-refractivity contribution in [1.29, 1.82) is 0 Å². The van der Waals surface area contributed by atoms with E-state index in [1.165, 1.54) is 0 Å². The molecule has 0 radical (unpaired) electrons. The Hall–Kier alpha value is -2.00. The molecule has 0 spiro atoms. The van der Waals surface area contributed by atoms with Crippen LogP contribution in [0.15, 0.2) is 48.5 Å². The highest BCUT2D eigenvalue weighted by atomic mass is 35.5. The summed E-state index contributed by atoms with van der Waals surface area (Å²) in [6.07, 6.45) is 1.22. The number of benzene rings is 2. The highest BCUT2D eigenvalue weighted by Gasteiger charge is 2.18. The van der Waals surface area contributed by atoms with Gasteiger partial charge in [0, 0.05) is 5.02 Å².